The van der Waals surface area contributed by atoms with Crippen LogP contribution in [0.15, 0.2) is 24.3 Å². The fourth-order valence-electron chi connectivity index (χ4n) is 2.93. The summed E-state index contributed by atoms with van der Waals surface area (Å²) in [6, 6.07) is 8.43. The van der Waals surface area contributed by atoms with Crippen LogP contribution in [-0.2, 0) is 17.8 Å². The van der Waals surface area contributed by atoms with Crippen molar-refractivity contribution in [3.63, 3.8) is 0 Å². The lowest BCUT2D eigenvalue weighted by molar-refractivity contribution is -0.123. The third-order valence-corrected chi connectivity index (χ3v) is 3.88. The van der Waals surface area contributed by atoms with Gasteiger partial charge in [-0.15, -0.1) is 0 Å². The zero-order valence-corrected chi connectivity index (χ0v) is 15.3. The van der Waals surface area contributed by atoms with Crippen molar-refractivity contribution in [2.24, 2.45) is 10.8 Å². The predicted octanol–water partition coefficient (Wildman–Crippen LogP) is 5.11. The van der Waals surface area contributed by atoms with E-state index in [-0.39, 0.29) is 16.7 Å². The Kier molecular flexibility index (Phi) is 6.65. The van der Waals surface area contributed by atoms with Crippen molar-refractivity contribution in [3.05, 3.63) is 35.4 Å². The van der Waals surface area contributed by atoms with Crippen LogP contribution in [0.5, 0.6) is 0 Å². The van der Waals surface area contributed by atoms with Crippen molar-refractivity contribution in [3.8, 4) is 0 Å². The molecule has 1 rings (SSSR count). The summed E-state index contributed by atoms with van der Waals surface area (Å²) in [5.74, 6) is 0.156. The first-order valence-corrected chi connectivity index (χ1v) is 8.46. The molecule has 2 nitrogen and oxygen atoms in total. The molecule has 1 amide bonds. The van der Waals surface area contributed by atoms with Gasteiger partial charge in [0, 0.05) is 13.0 Å². The highest BCUT2D eigenvalue weighted by Crippen LogP contribution is 2.26. The molecule has 22 heavy (non-hydrogen) atoms. The molecule has 0 saturated carbocycles. The quantitative estimate of drug-likeness (QED) is 0.745. The molecule has 1 aromatic carbocycles. The highest BCUT2D eigenvalue weighted by molar-refractivity contribution is 5.76. The summed E-state index contributed by atoms with van der Waals surface area (Å²) in [5, 5.41) is 3.10. The van der Waals surface area contributed by atoms with Crippen LogP contribution in [0.2, 0.25) is 0 Å². The van der Waals surface area contributed by atoms with Gasteiger partial charge in [-0.1, -0.05) is 72.2 Å². The van der Waals surface area contributed by atoms with Crippen molar-refractivity contribution in [1.82, 2.24) is 5.32 Å². The van der Waals surface area contributed by atoms with Crippen LogP contribution in [0, 0.1) is 10.8 Å². The number of benzene rings is 1. The fraction of sp³-hybridized carbons (Fsp3) is 0.650. The number of hydrogen-bond donors (Lipinski definition) is 1. The van der Waals surface area contributed by atoms with Crippen LogP contribution >= 0.6 is 0 Å². The van der Waals surface area contributed by atoms with Gasteiger partial charge in [-0.3, -0.25) is 4.79 Å². The maximum atomic E-state index is 12.2. The van der Waals surface area contributed by atoms with Gasteiger partial charge in [-0.25, -0.2) is 0 Å². The smallest absolute Gasteiger partial charge is 0.220 e. The molecule has 0 fully saturated rings. The second-order valence-electron chi connectivity index (χ2n) is 8.37. The van der Waals surface area contributed by atoms with Gasteiger partial charge < -0.3 is 5.32 Å². The molecule has 1 N–H and O–H groups in total. The van der Waals surface area contributed by atoms with Crippen LogP contribution < -0.4 is 5.32 Å². The average molecular weight is 303 g/mol. The minimum Gasteiger partial charge on any atom is -0.352 e. The SMILES string of the molecule is CCCC(C)(C)CC(=O)NCc1ccccc1CC(C)(C)C. The van der Waals surface area contributed by atoms with Gasteiger partial charge in [0.1, 0.15) is 0 Å². The summed E-state index contributed by atoms with van der Waals surface area (Å²) in [5.41, 5.74) is 2.91. The van der Waals surface area contributed by atoms with E-state index in [4.69, 9.17) is 0 Å². The predicted molar refractivity (Wildman–Crippen MR) is 94.8 cm³/mol. The first-order valence-electron chi connectivity index (χ1n) is 8.46. The average Bonchev–Trinajstić information content (AvgIpc) is 2.35. The molecule has 124 valence electrons. The largest absolute Gasteiger partial charge is 0.352 e. The third-order valence-electron chi connectivity index (χ3n) is 3.88. The van der Waals surface area contributed by atoms with Crippen LogP contribution in [0.3, 0.4) is 0 Å². The second kappa shape index (κ2) is 7.80. The molecule has 2 heteroatoms. The molecule has 0 unspecified atom stereocenters. The van der Waals surface area contributed by atoms with Gasteiger partial charge in [0.15, 0.2) is 0 Å². The molecule has 0 atom stereocenters. The van der Waals surface area contributed by atoms with Crippen molar-refractivity contribution in [2.75, 3.05) is 0 Å². The number of rotatable bonds is 7. The summed E-state index contributed by atoms with van der Waals surface area (Å²) in [6.07, 6.45) is 3.83. The third kappa shape index (κ3) is 7.11. The molecule has 0 radical (unpaired) electrons. The molecule has 1 aromatic rings. The molecule has 0 aliphatic rings. The Labute approximate surface area is 136 Å². The van der Waals surface area contributed by atoms with Crippen LogP contribution in [0.25, 0.3) is 0 Å². The minimum absolute atomic E-state index is 0.0871. The lowest BCUT2D eigenvalue weighted by Gasteiger charge is -2.24. The lowest BCUT2D eigenvalue weighted by atomic mass is 9.84. The normalized spacial score (nSPS) is 12.3. The van der Waals surface area contributed by atoms with Crippen molar-refractivity contribution in [2.45, 2.75) is 73.8 Å². The summed E-state index contributed by atoms with van der Waals surface area (Å²) in [7, 11) is 0. The Bertz CT molecular complexity index is 483. The van der Waals surface area contributed by atoms with Gasteiger partial charge in [0.05, 0.1) is 0 Å². The second-order valence-corrected chi connectivity index (χ2v) is 8.37. The highest BCUT2D eigenvalue weighted by Gasteiger charge is 2.21. The molecule has 0 heterocycles. The number of carbonyl (C=O) groups is 1. The number of hydrogen-bond acceptors (Lipinski definition) is 1. The van der Waals surface area contributed by atoms with E-state index in [2.05, 4.69) is 71.1 Å². The van der Waals surface area contributed by atoms with Gasteiger partial charge in [0.2, 0.25) is 5.91 Å². The zero-order valence-electron chi connectivity index (χ0n) is 15.3. The van der Waals surface area contributed by atoms with Gasteiger partial charge in [-0.2, -0.15) is 0 Å². The van der Waals surface area contributed by atoms with E-state index >= 15 is 0 Å². The molecule has 0 aliphatic carbocycles. The lowest BCUT2D eigenvalue weighted by Crippen LogP contribution is -2.29. The van der Waals surface area contributed by atoms with Crippen LogP contribution in [-0.4, -0.2) is 5.91 Å². The van der Waals surface area contributed by atoms with Gasteiger partial charge >= 0.3 is 0 Å². The highest BCUT2D eigenvalue weighted by atomic mass is 16.1. The van der Waals surface area contributed by atoms with E-state index in [9.17, 15) is 4.79 Å². The molecule has 0 bridgehead atoms. The number of nitrogens with one attached hydrogen (secondary N) is 1. The number of carbonyl (C=O) groups excluding carboxylic acids is 1. The number of amides is 1. The van der Waals surface area contributed by atoms with E-state index in [0.717, 1.165) is 19.3 Å². The topological polar surface area (TPSA) is 29.1 Å². The minimum atomic E-state index is 0.0871. The molecule has 0 spiro atoms. The molecule has 0 saturated heterocycles. The van der Waals surface area contributed by atoms with Crippen LogP contribution in [0.1, 0.15) is 71.9 Å². The maximum absolute atomic E-state index is 12.2. The van der Waals surface area contributed by atoms with E-state index in [0.29, 0.717) is 13.0 Å². The Morgan fingerprint density at radius 3 is 2.18 bits per heavy atom. The zero-order chi connectivity index (χ0) is 16.8. The molecular formula is C20H33NO. The molecule has 0 aliphatic heterocycles. The summed E-state index contributed by atoms with van der Waals surface area (Å²) >= 11 is 0. The van der Waals surface area contributed by atoms with Crippen LogP contribution in [0.4, 0.5) is 0 Å². The van der Waals surface area contributed by atoms with E-state index in [1.165, 1.54) is 11.1 Å². The first-order chi connectivity index (χ1) is 10.1. The summed E-state index contributed by atoms with van der Waals surface area (Å²) in [6.45, 7) is 13.9. The van der Waals surface area contributed by atoms with E-state index in [1.54, 1.807) is 0 Å². The maximum Gasteiger partial charge on any atom is 0.220 e. The summed E-state index contributed by atoms with van der Waals surface area (Å²) < 4.78 is 0. The monoisotopic (exact) mass is 303 g/mol. The van der Waals surface area contributed by atoms with Gasteiger partial charge in [0.25, 0.3) is 0 Å². The fourth-order valence-corrected chi connectivity index (χ4v) is 2.93. The Morgan fingerprint density at radius 1 is 1.05 bits per heavy atom. The van der Waals surface area contributed by atoms with Gasteiger partial charge in [-0.05, 0) is 34.8 Å². The standard InChI is InChI=1S/C20H33NO/c1-7-12-20(5,6)14-18(22)21-15-17-11-9-8-10-16(17)13-19(2,3)4/h8-11H,7,12-15H2,1-6H3,(H,21,22). The first kappa shape index (κ1) is 18.7. The Hall–Kier alpha value is -1.31. The summed E-state index contributed by atoms with van der Waals surface area (Å²) in [4.78, 5) is 12.2. The Balaban J connectivity index is 2.63. The Morgan fingerprint density at radius 2 is 1.64 bits per heavy atom. The molecule has 0 aromatic heterocycles. The van der Waals surface area contributed by atoms with E-state index < -0.39 is 0 Å². The molecular weight excluding hydrogens is 270 g/mol. The van der Waals surface area contributed by atoms with E-state index in [1.807, 2.05) is 0 Å². The van der Waals surface area contributed by atoms with Crippen molar-refractivity contribution >= 4 is 5.91 Å². The van der Waals surface area contributed by atoms with Crippen molar-refractivity contribution in [1.29, 1.82) is 0 Å². The van der Waals surface area contributed by atoms with Crippen molar-refractivity contribution < 1.29 is 4.79 Å².